The third-order valence-electron chi connectivity index (χ3n) is 4.82. The summed E-state index contributed by atoms with van der Waals surface area (Å²) in [5, 5.41) is 7.34. The predicted molar refractivity (Wildman–Crippen MR) is 78.2 cm³/mol. The van der Waals surface area contributed by atoms with E-state index < -0.39 is 0 Å². The minimum Gasteiger partial charge on any atom is -0.383 e. The number of benzene rings is 1. The van der Waals surface area contributed by atoms with Gasteiger partial charge in [-0.25, -0.2) is 0 Å². The molecule has 1 aromatic rings. The molecule has 0 bridgehead atoms. The number of nitrogens with one attached hydrogen (secondary N) is 2. The minimum absolute atomic E-state index is 0.472. The Balaban J connectivity index is 1.78. The third kappa shape index (κ3) is 2.21. The monoisotopic (exact) mass is 244 g/mol. The normalized spacial score (nSPS) is 31.1. The van der Waals surface area contributed by atoms with Crippen molar-refractivity contribution in [2.75, 3.05) is 23.7 Å². The van der Waals surface area contributed by atoms with Crippen molar-refractivity contribution in [1.29, 1.82) is 0 Å². The second-order valence-electron chi connectivity index (χ2n) is 6.44. The number of fused-ring (bicyclic) bond motifs is 1. The number of rotatable bonds is 0. The number of hydrogen-bond donors (Lipinski definition) is 2. The minimum atomic E-state index is 0.472. The van der Waals surface area contributed by atoms with Crippen LogP contribution in [0.3, 0.4) is 0 Å². The molecule has 98 valence electrons. The van der Waals surface area contributed by atoms with Crippen molar-refractivity contribution in [3.63, 3.8) is 0 Å². The molecule has 0 aromatic heterocycles. The highest BCUT2D eigenvalue weighted by Crippen LogP contribution is 2.41. The van der Waals surface area contributed by atoms with Crippen LogP contribution in [-0.2, 0) is 0 Å². The molecule has 1 heterocycles. The molecule has 0 saturated heterocycles. The fraction of sp³-hybridized carbons (Fsp3) is 0.625. The van der Waals surface area contributed by atoms with Gasteiger partial charge in [0.15, 0.2) is 0 Å². The smallest absolute Gasteiger partial charge is 0.0578 e. The molecule has 2 aliphatic rings. The molecule has 18 heavy (non-hydrogen) atoms. The summed E-state index contributed by atoms with van der Waals surface area (Å²) in [4.78, 5) is 0. The lowest BCUT2D eigenvalue weighted by molar-refractivity contribution is 0.185. The van der Waals surface area contributed by atoms with E-state index in [4.69, 9.17) is 0 Å². The van der Waals surface area contributed by atoms with Crippen molar-refractivity contribution >= 4 is 11.4 Å². The molecule has 1 aliphatic heterocycles. The summed E-state index contributed by atoms with van der Waals surface area (Å²) in [6, 6.07) is 6.66. The zero-order valence-electron chi connectivity index (χ0n) is 11.6. The zero-order valence-corrected chi connectivity index (χ0v) is 11.6. The van der Waals surface area contributed by atoms with Gasteiger partial charge in [-0.2, -0.15) is 0 Å². The quantitative estimate of drug-likeness (QED) is 0.720. The first-order valence-corrected chi connectivity index (χ1v) is 7.25. The van der Waals surface area contributed by atoms with E-state index in [-0.39, 0.29) is 0 Å². The maximum atomic E-state index is 3.68. The summed E-state index contributed by atoms with van der Waals surface area (Å²) < 4.78 is 0. The van der Waals surface area contributed by atoms with Gasteiger partial charge in [0.1, 0.15) is 0 Å². The van der Waals surface area contributed by atoms with Crippen molar-refractivity contribution in [2.24, 2.45) is 11.3 Å². The van der Waals surface area contributed by atoms with Crippen LogP contribution in [0.2, 0.25) is 0 Å². The average Bonchev–Trinajstić information content (AvgIpc) is 2.54. The Bertz CT molecular complexity index is 431. The molecule has 3 rings (SSSR count). The van der Waals surface area contributed by atoms with Crippen LogP contribution in [0.25, 0.3) is 0 Å². The van der Waals surface area contributed by atoms with Crippen molar-refractivity contribution in [2.45, 2.75) is 39.5 Å². The van der Waals surface area contributed by atoms with E-state index in [0.29, 0.717) is 5.41 Å². The van der Waals surface area contributed by atoms with Crippen LogP contribution >= 0.6 is 0 Å². The molecule has 1 aliphatic carbocycles. The van der Waals surface area contributed by atoms with Crippen molar-refractivity contribution < 1.29 is 0 Å². The van der Waals surface area contributed by atoms with Crippen LogP contribution in [0.15, 0.2) is 18.2 Å². The van der Waals surface area contributed by atoms with E-state index in [1.807, 2.05) is 0 Å². The molecule has 0 radical (unpaired) electrons. The van der Waals surface area contributed by atoms with Gasteiger partial charge < -0.3 is 10.6 Å². The molecule has 1 spiro atoms. The lowest BCUT2D eigenvalue weighted by atomic mass is 9.71. The molecular weight excluding hydrogens is 220 g/mol. The highest BCUT2D eigenvalue weighted by Gasteiger charge is 2.35. The van der Waals surface area contributed by atoms with Crippen LogP contribution in [0, 0.1) is 18.3 Å². The second-order valence-corrected chi connectivity index (χ2v) is 6.44. The maximum Gasteiger partial charge on any atom is 0.0578 e. The molecule has 0 amide bonds. The van der Waals surface area contributed by atoms with E-state index >= 15 is 0 Å². The lowest BCUT2D eigenvalue weighted by Gasteiger charge is -2.38. The van der Waals surface area contributed by atoms with Crippen LogP contribution in [0.5, 0.6) is 0 Å². The molecular formula is C16H24N2. The standard InChI is InChI=1S/C16H24N2/c1-12-5-7-16(8-6-12)10-17-14-4-3-13(2)9-15(14)18-11-16/h3-4,9,12,17-18H,5-8,10-11H2,1-2H3. The Morgan fingerprint density at radius 1 is 1.06 bits per heavy atom. The summed E-state index contributed by atoms with van der Waals surface area (Å²) in [5.41, 5.74) is 4.36. The highest BCUT2D eigenvalue weighted by atomic mass is 15.0. The molecule has 1 saturated carbocycles. The van der Waals surface area contributed by atoms with Gasteiger partial charge in [-0.1, -0.05) is 25.8 Å². The predicted octanol–water partition coefficient (Wildman–Crippen LogP) is 4.03. The first-order chi connectivity index (χ1) is 8.67. The fourth-order valence-electron chi connectivity index (χ4n) is 3.31. The summed E-state index contributed by atoms with van der Waals surface area (Å²) in [7, 11) is 0. The highest BCUT2D eigenvalue weighted by molar-refractivity contribution is 5.70. The van der Waals surface area contributed by atoms with E-state index in [0.717, 1.165) is 19.0 Å². The Morgan fingerprint density at radius 3 is 2.44 bits per heavy atom. The van der Waals surface area contributed by atoms with E-state index in [9.17, 15) is 0 Å². The molecule has 2 N–H and O–H groups in total. The largest absolute Gasteiger partial charge is 0.383 e. The molecule has 1 aromatic carbocycles. The van der Waals surface area contributed by atoms with Crippen molar-refractivity contribution in [3.05, 3.63) is 23.8 Å². The van der Waals surface area contributed by atoms with Crippen molar-refractivity contribution in [1.82, 2.24) is 0 Å². The first-order valence-electron chi connectivity index (χ1n) is 7.25. The molecule has 2 heteroatoms. The fourth-order valence-corrected chi connectivity index (χ4v) is 3.31. The van der Waals surface area contributed by atoms with Crippen LogP contribution < -0.4 is 10.6 Å². The Morgan fingerprint density at radius 2 is 1.72 bits per heavy atom. The van der Waals surface area contributed by atoms with Gasteiger partial charge in [-0.05, 0) is 43.4 Å². The average molecular weight is 244 g/mol. The first kappa shape index (κ1) is 11.9. The number of hydrogen-bond acceptors (Lipinski definition) is 2. The van der Waals surface area contributed by atoms with Crippen LogP contribution in [-0.4, -0.2) is 13.1 Å². The van der Waals surface area contributed by atoms with E-state index in [2.05, 4.69) is 42.7 Å². The van der Waals surface area contributed by atoms with Gasteiger partial charge in [-0.15, -0.1) is 0 Å². The SMILES string of the molecule is Cc1ccc2c(c1)NCC1(CCC(C)CC1)CN2. The van der Waals surface area contributed by atoms with Crippen LogP contribution in [0.1, 0.15) is 38.2 Å². The molecule has 1 fully saturated rings. The Kier molecular flexibility index (Phi) is 2.96. The Labute approximate surface area is 110 Å². The lowest BCUT2D eigenvalue weighted by Crippen LogP contribution is -2.38. The van der Waals surface area contributed by atoms with Crippen molar-refractivity contribution in [3.8, 4) is 0 Å². The third-order valence-corrected chi connectivity index (χ3v) is 4.82. The zero-order chi connectivity index (χ0) is 12.6. The van der Waals surface area contributed by atoms with Gasteiger partial charge in [0.25, 0.3) is 0 Å². The number of anilines is 2. The summed E-state index contributed by atoms with van der Waals surface area (Å²) in [5.74, 6) is 0.920. The Hall–Kier alpha value is -1.18. The van der Waals surface area contributed by atoms with Gasteiger partial charge in [0.05, 0.1) is 11.4 Å². The maximum absolute atomic E-state index is 3.68. The van der Waals surface area contributed by atoms with E-state index in [1.54, 1.807) is 0 Å². The number of aryl methyl sites for hydroxylation is 1. The molecule has 0 unspecified atom stereocenters. The molecule has 2 nitrogen and oxygen atoms in total. The molecule has 0 atom stereocenters. The van der Waals surface area contributed by atoms with Gasteiger partial charge in [-0.3, -0.25) is 0 Å². The summed E-state index contributed by atoms with van der Waals surface area (Å²) in [6.07, 6.45) is 5.50. The topological polar surface area (TPSA) is 24.1 Å². The summed E-state index contributed by atoms with van der Waals surface area (Å²) >= 11 is 0. The van der Waals surface area contributed by atoms with Crippen LogP contribution in [0.4, 0.5) is 11.4 Å². The second kappa shape index (κ2) is 4.49. The van der Waals surface area contributed by atoms with Gasteiger partial charge in [0, 0.05) is 18.5 Å². The van der Waals surface area contributed by atoms with E-state index in [1.165, 1.54) is 42.6 Å². The summed E-state index contributed by atoms with van der Waals surface area (Å²) in [6.45, 7) is 6.80. The van der Waals surface area contributed by atoms with Gasteiger partial charge in [0.2, 0.25) is 0 Å². The van der Waals surface area contributed by atoms with Gasteiger partial charge >= 0.3 is 0 Å².